The van der Waals surface area contributed by atoms with Gasteiger partial charge in [-0.2, -0.15) is 0 Å². The molecule has 0 radical (unpaired) electrons. The number of benzene rings is 1. The highest BCUT2D eigenvalue weighted by atomic mass is 35.5. The van der Waals surface area contributed by atoms with Gasteiger partial charge in [0.2, 0.25) is 5.76 Å². The molecule has 0 aliphatic carbocycles. The van der Waals surface area contributed by atoms with Crippen LogP contribution in [0.2, 0.25) is 10.0 Å². The second-order valence-corrected chi connectivity index (χ2v) is 4.68. The lowest BCUT2D eigenvalue weighted by atomic mass is 10.2. The fraction of sp³-hybridized carbons (Fsp3) is 0.0833. The Morgan fingerprint density at radius 2 is 2.00 bits per heavy atom. The van der Waals surface area contributed by atoms with Crippen LogP contribution in [0.1, 0.15) is 16.1 Å². The van der Waals surface area contributed by atoms with E-state index in [0.717, 1.165) is 12.1 Å². The van der Waals surface area contributed by atoms with Crippen molar-refractivity contribution >= 4 is 34.9 Å². The molecule has 7 nitrogen and oxygen atoms in total. The molecule has 0 spiro atoms. The summed E-state index contributed by atoms with van der Waals surface area (Å²) in [6.45, 7) is -0.157. The Labute approximate surface area is 127 Å². The van der Waals surface area contributed by atoms with E-state index in [1.807, 2.05) is 0 Å². The molecule has 0 unspecified atom stereocenters. The van der Waals surface area contributed by atoms with Crippen molar-refractivity contribution in [2.45, 2.75) is 6.61 Å². The van der Waals surface area contributed by atoms with Gasteiger partial charge in [-0.25, -0.2) is 4.79 Å². The largest absolute Gasteiger partial charge is 0.486 e. The van der Waals surface area contributed by atoms with Crippen LogP contribution < -0.4 is 4.74 Å². The number of nitro benzene ring substituents is 1. The number of nitro groups is 1. The number of furan rings is 1. The zero-order valence-corrected chi connectivity index (χ0v) is 11.7. The van der Waals surface area contributed by atoms with Crippen molar-refractivity contribution in [2.75, 3.05) is 0 Å². The molecule has 0 aliphatic rings. The van der Waals surface area contributed by atoms with E-state index in [2.05, 4.69) is 0 Å². The highest BCUT2D eigenvalue weighted by molar-refractivity contribution is 6.37. The number of aromatic carboxylic acids is 1. The molecule has 110 valence electrons. The van der Waals surface area contributed by atoms with E-state index in [9.17, 15) is 14.9 Å². The Morgan fingerprint density at radius 3 is 2.52 bits per heavy atom. The molecular weight excluding hydrogens is 325 g/mol. The molecule has 0 aliphatic heterocycles. The van der Waals surface area contributed by atoms with Crippen molar-refractivity contribution in [3.05, 3.63) is 55.9 Å². The van der Waals surface area contributed by atoms with Crippen molar-refractivity contribution in [2.24, 2.45) is 0 Å². The average Bonchev–Trinajstić information content (AvgIpc) is 2.86. The van der Waals surface area contributed by atoms with Gasteiger partial charge in [-0.05, 0) is 6.07 Å². The Balaban J connectivity index is 2.22. The van der Waals surface area contributed by atoms with Gasteiger partial charge in [0.05, 0.1) is 21.2 Å². The Kier molecular flexibility index (Phi) is 4.35. The number of non-ortho nitro benzene ring substituents is 1. The van der Waals surface area contributed by atoms with E-state index in [1.165, 1.54) is 12.3 Å². The van der Waals surface area contributed by atoms with Crippen molar-refractivity contribution in [3.8, 4) is 5.75 Å². The van der Waals surface area contributed by atoms with Crippen LogP contribution in [0.3, 0.4) is 0 Å². The number of ether oxygens (including phenoxy) is 1. The number of carbonyl (C=O) groups is 1. The topological polar surface area (TPSA) is 103 Å². The molecule has 0 amide bonds. The molecule has 1 aromatic heterocycles. The van der Waals surface area contributed by atoms with Crippen LogP contribution in [0.25, 0.3) is 0 Å². The standard InChI is InChI=1S/C12H7Cl2NO6/c13-8-3-7(15(18)19)4-9(14)11(8)21-5-6-1-2-20-10(6)12(16)17/h1-4H,5H2,(H,16,17). The summed E-state index contributed by atoms with van der Waals surface area (Å²) in [5.41, 5.74) is 0.0138. The van der Waals surface area contributed by atoms with E-state index in [1.54, 1.807) is 0 Å². The van der Waals surface area contributed by atoms with Crippen LogP contribution in [-0.4, -0.2) is 16.0 Å². The lowest BCUT2D eigenvalue weighted by molar-refractivity contribution is -0.384. The molecule has 0 bridgehead atoms. The molecular formula is C12H7Cl2NO6. The van der Waals surface area contributed by atoms with Gasteiger partial charge in [-0.3, -0.25) is 10.1 Å². The van der Waals surface area contributed by atoms with Crippen molar-refractivity contribution in [1.82, 2.24) is 0 Å². The Hall–Kier alpha value is -2.25. The van der Waals surface area contributed by atoms with E-state index < -0.39 is 10.9 Å². The monoisotopic (exact) mass is 331 g/mol. The first-order valence-electron chi connectivity index (χ1n) is 5.46. The lowest BCUT2D eigenvalue weighted by Crippen LogP contribution is -2.03. The summed E-state index contributed by atoms with van der Waals surface area (Å²) in [5, 5.41) is 19.4. The van der Waals surface area contributed by atoms with Gasteiger partial charge >= 0.3 is 5.97 Å². The van der Waals surface area contributed by atoms with Crippen LogP contribution in [0, 0.1) is 10.1 Å². The third kappa shape index (κ3) is 3.26. The molecule has 2 aromatic rings. The molecule has 1 aromatic carbocycles. The predicted octanol–water partition coefficient (Wildman–Crippen LogP) is 3.77. The number of carboxylic acid groups (broad SMARTS) is 1. The summed E-state index contributed by atoms with van der Waals surface area (Å²) >= 11 is 11.7. The van der Waals surface area contributed by atoms with Gasteiger partial charge in [0.1, 0.15) is 6.61 Å². The summed E-state index contributed by atoms with van der Waals surface area (Å²) in [5.74, 6) is -1.47. The number of carboxylic acids is 1. The molecule has 1 N–H and O–H groups in total. The number of nitrogens with zero attached hydrogens (tertiary/aromatic N) is 1. The van der Waals surface area contributed by atoms with Crippen LogP contribution in [0.4, 0.5) is 5.69 Å². The summed E-state index contributed by atoms with van der Waals surface area (Å²) in [4.78, 5) is 20.9. The summed E-state index contributed by atoms with van der Waals surface area (Å²) < 4.78 is 10.1. The molecule has 0 fully saturated rings. The normalized spacial score (nSPS) is 10.4. The quantitative estimate of drug-likeness (QED) is 0.660. The van der Waals surface area contributed by atoms with Crippen LogP contribution in [0.15, 0.2) is 28.9 Å². The molecule has 0 saturated heterocycles. The third-order valence-corrected chi connectivity index (χ3v) is 3.07. The van der Waals surface area contributed by atoms with Crippen molar-refractivity contribution in [1.29, 1.82) is 0 Å². The highest BCUT2D eigenvalue weighted by Gasteiger charge is 2.18. The van der Waals surface area contributed by atoms with Crippen LogP contribution in [-0.2, 0) is 6.61 Å². The fourth-order valence-electron chi connectivity index (χ4n) is 1.58. The van der Waals surface area contributed by atoms with Crippen LogP contribution >= 0.6 is 23.2 Å². The number of rotatable bonds is 5. The first-order valence-corrected chi connectivity index (χ1v) is 6.21. The average molecular weight is 332 g/mol. The zero-order chi connectivity index (χ0) is 15.6. The molecule has 0 saturated carbocycles. The van der Waals surface area contributed by atoms with Gasteiger partial charge in [0, 0.05) is 17.7 Å². The minimum Gasteiger partial charge on any atom is -0.486 e. The van der Waals surface area contributed by atoms with E-state index in [4.69, 9.17) is 37.5 Å². The summed E-state index contributed by atoms with van der Waals surface area (Å²) in [7, 11) is 0. The maximum absolute atomic E-state index is 10.9. The maximum Gasteiger partial charge on any atom is 0.372 e. The molecule has 9 heteroatoms. The second kappa shape index (κ2) is 6.02. The molecule has 1 heterocycles. The molecule has 2 rings (SSSR count). The molecule has 0 atom stereocenters. The van der Waals surface area contributed by atoms with Gasteiger partial charge in [-0.1, -0.05) is 23.2 Å². The first kappa shape index (κ1) is 15.1. The number of hydrogen-bond donors (Lipinski definition) is 1. The summed E-state index contributed by atoms with van der Waals surface area (Å²) in [6.07, 6.45) is 1.21. The highest BCUT2D eigenvalue weighted by Crippen LogP contribution is 2.37. The SMILES string of the molecule is O=C(O)c1occc1COc1c(Cl)cc([N+](=O)[O-])cc1Cl. The minimum absolute atomic E-state index is 0.0291. The van der Waals surface area contributed by atoms with Crippen LogP contribution in [0.5, 0.6) is 5.75 Å². The second-order valence-electron chi connectivity index (χ2n) is 3.86. The zero-order valence-electron chi connectivity index (χ0n) is 10.2. The van der Waals surface area contributed by atoms with Gasteiger partial charge in [0.25, 0.3) is 5.69 Å². The van der Waals surface area contributed by atoms with Gasteiger partial charge in [0.15, 0.2) is 5.75 Å². The van der Waals surface area contributed by atoms with Gasteiger partial charge < -0.3 is 14.3 Å². The third-order valence-electron chi connectivity index (χ3n) is 2.51. The summed E-state index contributed by atoms with van der Waals surface area (Å²) in [6, 6.07) is 3.61. The smallest absolute Gasteiger partial charge is 0.372 e. The number of hydrogen-bond acceptors (Lipinski definition) is 5. The Morgan fingerprint density at radius 1 is 1.38 bits per heavy atom. The predicted molar refractivity (Wildman–Crippen MR) is 73.1 cm³/mol. The molecule has 21 heavy (non-hydrogen) atoms. The lowest BCUT2D eigenvalue weighted by Gasteiger charge is -2.09. The van der Waals surface area contributed by atoms with E-state index >= 15 is 0 Å². The number of halogens is 2. The fourth-order valence-corrected chi connectivity index (χ4v) is 2.16. The first-order chi connectivity index (χ1) is 9.90. The Bertz CT molecular complexity index is 689. The van der Waals surface area contributed by atoms with E-state index in [-0.39, 0.29) is 39.4 Å². The van der Waals surface area contributed by atoms with Gasteiger partial charge in [-0.15, -0.1) is 0 Å². The van der Waals surface area contributed by atoms with E-state index in [0.29, 0.717) is 0 Å². The minimum atomic E-state index is -1.24. The van der Waals surface area contributed by atoms with Crippen molar-refractivity contribution < 1.29 is 24.0 Å². The van der Waals surface area contributed by atoms with Crippen molar-refractivity contribution in [3.63, 3.8) is 0 Å². The maximum atomic E-state index is 10.9.